The lowest BCUT2D eigenvalue weighted by molar-refractivity contribution is -0.137. The Labute approximate surface area is 206 Å². The van der Waals surface area contributed by atoms with Crippen molar-refractivity contribution in [3.8, 4) is 16.9 Å². The number of nitrogens with one attached hydrogen (secondary N) is 1. The number of para-hydroxylation sites is 1. The van der Waals surface area contributed by atoms with Gasteiger partial charge in [0.1, 0.15) is 5.75 Å². The first-order valence-electron chi connectivity index (χ1n) is 12.0. The Morgan fingerprint density at radius 1 is 0.857 bits per heavy atom. The Balaban J connectivity index is 1.48. The molecular formula is C29H31N3O3. The molecule has 0 bridgehead atoms. The fourth-order valence-electron chi connectivity index (χ4n) is 4.03. The maximum atomic E-state index is 10.7. The zero-order valence-corrected chi connectivity index (χ0v) is 19.8. The van der Waals surface area contributed by atoms with Crippen molar-refractivity contribution in [3.63, 3.8) is 0 Å². The van der Waals surface area contributed by atoms with E-state index < -0.39 is 5.97 Å². The molecule has 4 aromatic rings. The molecule has 4 rings (SSSR count). The maximum absolute atomic E-state index is 10.7. The van der Waals surface area contributed by atoms with Crippen LogP contribution in [0.3, 0.4) is 0 Å². The number of nitrogens with zero attached hydrogens (tertiary/aromatic N) is 2. The number of anilines is 1. The zero-order valence-electron chi connectivity index (χ0n) is 19.8. The van der Waals surface area contributed by atoms with Gasteiger partial charge < -0.3 is 14.7 Å². The molecule has 0 amide bonds. The number of unbranched alkanes of at least 4 members (excludes halogenated alkanes) is 2. The van der Waals surface area contributed by atoms with Crippen LogP contribution in [-0.4, -0.2) is 27.9 Å². The number of aromatic amines is 1. The van der Waals surface area contributed by atoms with Gasteiger partial charge in [-0.2, -0.15) is 5.10 Å². The number of benzene rings is 3. The second-order valence-electron chi connectivity index (χ2n) is 8.54. The molecule has 1 aromatic heterocycles. The van der Waals surface area contributed by atoms with Gasteiger partial charge >= 0.3 is 5.97 Å². The van der Waals surface area contributed by atoms with Crippen molar-refractivity contribution in [1.82, 2.24) is 10.2 Å². The van der Waals surface area contributed by atoms with E-state index >= 15 is 0 Å². The van der Waals surface area contributed by atoms with Crippen molar-refractivity contribution in [2.24, 2.45) is 0 Å². The van der Waals surface area contributed by atoms with Crippen LogP contribution < -0.4 is 9.64 Å². The lowest BCUT2D eigenvalue weighted by Crippen LogP contribution is -2.22. The maximum Gasteiger partial charge on any atom is 0.303 e. The standard InChI is InChI=1S/C29H31N3O3/c33-29(34)13-5-2-8-18-35-28-12-7-6-11-25(28)22-32(21-23-9-3-1-4-10-23)27-16-14-24(15-17-27)26-19-30-31-20-26/h1,3-4,6-7,9-12,14-17,19-20H,2,5,8,13,18,21-22H2,(H,30,31)(H,33,34). The lowest BCUT2D eigenvalue weighted by Gasteiger charge is -2.26. The molecule has 0 saturated heterocycles. The summed E-state index contributed by atoms with van der Waals surface area (Å²) in [6.45, 7) is 2.05. The Morgan fingerprint density at radius 2 is 1.63 bits per heavy atom. The molecule has 0 radical (unpaired) electrons. The molecule has 0 unspecified atom stereocenters. The summed E-state index contributed by atoms with van der Waals surface area (Å²) in [6.07, 6.45) is 6.30. The number of carboxylic acids is 1. The first-order valence-corrected chi connectivity index (χ1v) is 12.0. The Bertz CT molecular complexity index is 1180. The van der Waals surface area contributed by atoms with E-state index in [1.807, 2.05) is 36.7 Å². The first kappa shape index (κ1) is 24.1. The van der Waals surface area contributed by atoms with E-state index in [0.717, 1.165) is 47.5 Å². The molecule has 6 heteroatoms. The molecule has 1 heterocycles. The third-order valence-electron chi connectivity index (χ3n) is 5.91. The van der Waals surface area contributed by atoms with Crippen LogP contribution in [0.1, 0.15) is 36.8 Å². The highest BCUT2D eigenvalue weighted by atomic mass is 16.5. The highest BCUT2D eigenvalue weighted by Gasteiger charge is 2.13. The van der Waals surface area contributed by atoms with Crippen LogP contribution in [0.4, 0.5) is 5.69 Å². The van der Waals surface area contributed by atoms with Crippen LogP contribution in [0.2, 0.25) is 0 Å². The van der Waals surface area contributed by atoms with Gasteiger partial charge in [0.25, 0.3) is 0 Å². The third kappa shape index (κ3) is 7.21. The van der Waals surface area contributed by atoms with Crippen molar-refractivity contribution < 1.29 is 14.6 Å². The van der Waals surface area contributed by atoms with E-state index in [1.165, 1.54) is 5.56 Å². The summed E-state index contributed by atoms with van der Waals surface area (Å²) in [6, 6.07) is 27.2. The molecule has 2 N–H and O–H groups in total. The third-order valence-corrected chi connectivity index (χ3v) is 5.91. The molecule has 0 aliphatic carbocycles. The van der Waals surface area contributed by atoms with Gasteiger partial charge in [-0.3, -0.25) is 9.89 Å². The summed E-state index contributed by atoms with van der Waals surface area (Å²) in [7, 11) is 0. The highest BCUT2D eigenvalue weighted by Crippen LogP contribution is 2.28. The molecule has 0 saturated carbocycles. The minimum atomic E-state index is -0.743. The summed E-state index contributed by atoms with van der Waals surface area (Å²) < 4.78 is 6.11. The van der Waals surface area contributed by atoms with Gasteiger partial charge in [0.2, 0.25) is 0 Å². The van der Waals surface area contributed by atoms with E-state index in [4.69, 9.17) is 9.84 Å². The zero-order chi connectivity index (χ0) is 24.3. The predicted molar refractivity (Wildman–Crippen MR) is 138 cm³/mol. The lowest BCUT2D eigenvalue weighted by atomic mass is 10.1. The van der Waals surface area contributed by atoms with Crippen LogP contribution in [0, 0.1) is 0 Å². The van der Waals surface area contributed by atoms with Crippen molar-refractivity contribution in [3.05, 3.63) is 102 Å². The quantitative estimate of drug-likeness (QED) is 0.224. The second kappa shape index (κ2) is 12.4. The minimum Gasteiger partial charge on any atom is -0.493 e. The van der Waals surface area contributed by atoms with Crippen molar-refractivity contribution in [2.45, 2.75) is 38.8 Å². The number of aliphatic carboxylic acids is 1. The number of rotatable bonds is 13. The normalized spacial score (nSPS) is 10.7. The van der Waals surface area contributed by atoms with E-state index in [2.05, 4.69) is 69.7 Å². The molecule has 0 fully saturated rings. The fourth-order valence-corrected chi connectivity index (χ4v) is 4.03. The van der Waals surface area contributed by atoms with Gasteiger partial charge in [-0.25, -0.2) is 0 Å². The summed E-state index contributed by atoms with van der Waals surface area (Å²) >= 11 is 0. The van der Waals surface area contributed by atoms with E-state index in [-0.39, 0.29) is 6.42 Å². The van der Waals surface area contributed by atoms with Gasteiger partial charge in [-0.15, -0.1) is 0 Å². The first-order chi connectivity index (χ1) is 17.2. The van der Waals surface area contributed by atoms with Crippen molar-refractivity contribution >= 4 is 11.7 Å². The van der Waals surface area contributed by atoms with Crippen LogP contribution >= 0.6 is 0 Å². The summed E-state index contributed by atoms with van der Waals surface area (Å²) in [5.41, 5.74) is 5.67. The highest BCUT2D eigenvalue weighted by molar-refractivity contribution is 5.66. The van der Waals surface area contributed by atoms with Crippen LogP contribution in [0.25, 0.3) is 11.1 Å². The average molecular weight is 470 g/mol. The minimum absolute atomic E-state index is 0.213. The Morgan fingerprint density at radius 3 is 2.37 bits per heavy atom. The number of carbonyl (C=O) groups is 1. The molecule has 0 aliphatic rings. The molecule has 35 heavy (non-hydrogen) atoms. The van der Waals surface area contributed by atoms with Gasteiger partial charge in [0.15, 0.2) is 0 Å². The van der Waals surface area contributed by atoms with E-state index in [9.17, 15) is 4.79 Å². The molecule has 0 aliphatic heterocycles. The number of ether oxygens (including phenoxy) is 1. The SMILES string of the molecule is O=C(O)CCCCCOc1ccccc1CN(Cc1ccccc1)c1ccc(-c2cn[nH]c2)cc1. The fraction of sp³-hybridized carbons (Fsp3) is 0.241. The largest absolute Gasteiger partial charge is 0.493 e. The van der Waals surface area contributed by atoms with Gasteiger partial charge in [-0.1, -0.05) is 60.7 Å². The summed E-state index contributed by atoms with van der Waals surface area (Å²) in [5, 5.41) is 15.7. The van der Waals surface area contributed by atoms with Crippen LogP contribution in [0.15, 0.2) is 91.3 Å². The number of hydrogen-bond donors (Lipinski definition) is 2. The van der Waals surface area contributed by atoms with Gasteiger partial charge in [-0.05, 0) is 48.6 Å². The van der Waals surface area contributed by atoms with Gasteiger partial charge in [0, 0.05) is 42.5 Å². The molecule has 0 spiro atoms. The summed E-state index contributed by atoms with van der Waals surface area (Å²) in [4.78, 5) is 13.0. The molecule has 3 aromatic carbocycles. The van der Waals surface area contributed by atoms with Gasteiger partial charge in [0.05, 0.1) is 12.8 Å². The number of hydrogen-bond acceptors (Lipinski definition) is 4. The average Bonchev–Trinajstić information content (AvgIpc) is 3.42. The van der Waals surface area contributed by atoms with Crippen molar-refractivity contribution in [1.29, 1.82) is 0 Å². The molecular weight excluding hydrogens is 438 g/mol. The topological polar surface area (TPSA) is 78.5 Å². The Kier molecular flexibility index (Phi) is 8.54. The van der Waals surface area contributed by atoms with Crippen molar-refractivity contribution in [2.75, 3.05) is 11.5 Å². The predicted octanol–water partition coefficient (Wildman–Crippen LogP) is 6.31. The second-order valence-corrected chi connectivity index (χ2v) is 8.54. The molecule has 6 nitrogen and oxygen atoms in total. The van der Waals surface area contributed by atoms with Crippen LogP contribution in [0.5, 0.6) is 5.75 Å². The smallest absolute Gasteiger partial charge is 0.303 e. The number of carboxylic acid groups (broad SMARTS) is 1. The van der Waals surface area contributed by atoms with E-state index in [0.29, 0.717) is 19.6 Å². The summed E-state index contributed by atoms with van der Waals surface area (Å²) in [5.74, 6) is 0.131. The number of aromatic nitrogens is 2. The molecule has 180 valence electrons. The van der Waals surface area contributed by atoms with Crippen LogP contribution in [-0.2, 0) is 17.9 Å². The van der Waals surface area contributed by atoms with E-state index in [1.54, 1.807) is 0 Å². The number of H-pyrrole nitrogens is 1. The monoisotopic (exact) mass is 469 g/mol. The Hall–Kier alpha value is -4.06. The molecule has 0 atom stereocenters.